The van der Waals surface area contributed by atoms with Crippen LogP contribution in [-0.4, -0.2) is 0 Å². The van der Waals surface area contributed by atoms with Crippen LogP contribution in [0.2, 0.25) is 0 Å². The summed E-state index contributed by atoms with van der Waals surface area (Å²) in [4.78, 5) is 0. The Morgan fingerprint density at radius 1 is 0.386 bits per heavy atom. The highest BCUT2D eigenvalue weighted by Crippen LogP contribution is 2.45. The van der Waals surface area contributed by atoms with Crippen molar-refractivity contribution in [2.45, 2.75) is 6.92 Å². The molecule has 0 aliphatic rings. The topological polar surface area (TPSA) is 13.1 Å². The van der Waals surface area contributed by atoms with Crippen molar-refractivity contribution in [1.82, 2.24) is 0 Å². The monoisotopic (exact) mass is 560 g/mol. The summed E-state index contributed by atoms with van der Waals surface area (Å²) in [5, 5.41) is 9.95. The maximum absolute atomic E-state index is 6.20. The second-order valence-corrected chi connectivity index (χ2v) is 11.7. The summed E-state index contributed by atoms with van der Waals surface area (Å²) >= 11 is 0. The number of hydrogen-bond donors (Lipinski definition) is 0. The Hall–Kier alpha value is -5.66. The normalized spacial score (nSPS) is 11.8. The van der Waals surface area contributed by atoms with Crippen LogP contribution < -0.4 is 0 Å². The van der Waals surface area contributed by atoms with Crippen LogP contribution in [0.1, 0.15) is 5.56 Å². The number of hydrogen-bond acceptors (Lipinski definition) is 1. The summed E-state index contributed by atoms with van der Waals surface area (Å²) in [7, 11) is 0. The molecule has 0 radical (unpaired) electrons. The predicted octanol–water partition coefficient (Wildman–Crippen LogP) is 12.4. The van der Waals surface area contributed by atoms with Crippen molar-refractivity contribution in [3.63, 3.8) is 0 Å². The summed E-state index contributed by atoms with van der Waals surface area (Å²) in [6, 6.07) is 55.0. The largest absolute Gasteiger partial charge is 0.456 e. The van der Waals surface area contributed by atoms with Gasteiger partial charge in [0.15, 0.2) is 0 Å². The standard InChI is InChI=1S/C43H28O/c1-27-25-31(26-39-33-14-8-9-20-40(33)44-43(27)39)28-21-23-30(24-22-28)41-35-15-4-6-17-37(35)42(38-18-7-5-16-36(38)41)34-19-10-12-29-11-2-3-13-32(29)34/h2-26H,1H3. The SMILES string of the molecule is Cc1cc(-c2ccc(-c3c4ccccc4c(-c4cccc5ccccc45)c4ccccc34)cc2)cc2c1oc1ccccc12. The van der Waals surface area contributed by atoms with Crippen LogP contribution in [0, 0.1) is 6.92 Å². The van der Waals surface area contributed by atoms with Gasteiger partial charge in [0, 0.05) is 10.8 Å². The van der Waals surface area contributed by atoms with E-state index in [1.165, 1.54) is 71.1 Å². The molecular formula is C43H28O. The number of fused-ring (bicyclic) bond motifs is 6. The Kier molecular flexibility index (Phi) is 5.48. The van der Waals surface area contributed by atoms with Gasteiger partial charge in [-0.3, -0.25) is 0 Å². The fraction of sp³-hybridized carbons (Fsp3) is 0.0233. The number of furan rings is 1. The molecule has 1 heterocycles. The lowest BCUT2D eigenvalue weighted by Gasteiger charge is -2.19. The van der Waals surface area contributed by atoms with Crippen molar-refractivity contribution in [2.24, 2.45) is 0 Å². The van der Waals surface area contributed by atoms with E-state index in [0.29, 0.717) is 0 Å². The van der Waals surface area contributed by atoms with Gasteiger partial charge in [0.05, 0.1) is 0 Å². The van der Waals surface area contributed by atoms with Crippen LogP contribution in [0.3, 0.4) is 0 Å². The van der Waals surface area contributed by atoms with Crippen LogP contribution in [0.15, 0.2) is 156 Å². The van der Waals surface area contributed by atoms with Gasteiger partial charge in [-0.1, -0.05) is 133 Å². The average molecular weight is 561 g/mol. The molecule has 8 aromatic carbocycles. The third-order valence-electron chi connectivity index (χ3n) is 9.16. The number of aryl methyl sites for hydroxylation is 1. The minimum absolute atomic E-state index is 0.934. The van der Waals surface area contributed by atoms with Crippen molar-refractivity contribution < 1.29 is 4.42 Å². The van der Waals surface area contributed by atoms with Gasteiger partial charge in [-0.2, -0.15) is 0 Å². The van der Waals surface area contributed by atoms with E-state index in [1.54, 1.807) is 0 Å². The molecule has 0 amide bonds. The average Bonchev–Trinajstić information content (AvgIpc) is 3.46. The number of rotatable bonds is 3. The van der Waals surface area contributed by atoms with Gasteiger partial charge in [0.2, 0.25) is 0 Å². The molecule has 0 atom stereocenters. The van der Waals surface area contributed by atoms with Crippen molar-refractivity contribution in [1.29, 1.82) is 0 Å². The Bertz CT molecular complexity index is 2490. The maximum Gasteiger partial charge on any atom is 0.138 e. The molecule has 0 unspecified atom stereocenters. The summed E-state index contributed by atoms with van der Waals surface area (Å²) in [5.41, 5.74) is 10.5. The van der Waals surface area contributed by atoms with Crippen LogP contribution in [0.5, 0.6) is 0 Å². The van der Waals surface area contributed by atoms with E-state index in [1.807, 2.05) is 12.1 Å². The lowest BCUT2D eigenvalue weighted by molar-refractivity contribution is 0.666. The van der Waals surface area contributed by atoms with Crippen LogP contribution in [0.4, 0.5) is 0 Å². The molecule has 9 rings (SSSR count). The van der Waals surface area contributed by atoms with Crippen molar-refractivity contribution in [2.75, 3.05) is 0 Å². The first-order valence-corrected chi connectivity index (χ1v) is 15.2. The van der Waals surface area contributed by atoms with Crippen LogP contribution >= 0.6 is 0 Å². The Morgan fingerprint density at radius 3 is 1.64 bits per heavy atom. The van der Waals surface area contributed by atoms with Gasteiger partial charge in [0.1, 0.15) is 11.2 Å². The van der Waals surface area contributed by atoms with Gasteiger partial charge in [-0.05, 0) is 96.4 Å². The molecule has 0 fully saturated rings. The molecule has 0 saturated carbocycles. The first-order valence-electron chi connectivity index (χ1n) is 15.2. The first-order chi connectivity index (χ1) is 21.7. The fourth-order valence-corrected chi connectivity index (χ4v) is 7.17. The highest BCUT2D eigenvalue weighted by atomic mass is 16.3. The number of para-hydroxylation sites is 1. The molecule has 0 aliphatic heterocycles. The second-order valence-electron chi connectivity index (χ2n) is 11.7. The molecule has 1 heteroatoms. The molecule has 0 N–H and O–H groups in total. The molecule has 0 spiro atoms. The lowest BCUT2D eigenvalue weighted by Crippen LogP contribution is -1.91. The van der Waals surface area contributed by atoms with Crippen molar-refractivity contribution >= 4 is 54.3 Å². The van der Waals surface area contributed by atoms with Gasteiger partial charge in [0.25, 0.3) is 0 Å². The molecule has 0 bridgehead atoms. The molecule has 1 aromatic heterocycles. The van der Waals surface area contributed by atoms with Gasteiger partial charge in [-0.15, -0.1) is 0 Å². The highest BCUT2D eigenvalue weighted by Gasteiger charge is 2.18. The van der Waals surface area contributed by atoms with E-state index >= 15 is 0 Å². The third-order valence-corrected chi connectivity index (χ3v) is 9.16. The molecule has 0 aliphatic carbocycles. The predicted molar refractivity (Wildman–Crippen MR) is 187 cm³/mol. The van der Waals surface area contributed by atoms with E-state index < -0.39 is 0 Å². The quantitative estimate of drug-likeness (QED) is 0.196. The maximum atomic E-state index is 6.20. The molecule has 1 nitrogen and oxygen atoms in total. The second kappa shape index (κ2) is 9.69. The van der Waals surface area contributed by atoms with E-state index in [9.17, 15) is 0 Å². The zero-order valence-electron chi connectivity index (χ0n) is 24.3. The zero-order chi connectivity index (χ0) is 29.2. The van der Waals surface area contributed by atoms with Crippen LogP contribution in [0.25, 0.3) is 87.6 Å². The summed E-state index contributed by atoms with van der Waals surface area (Å²) in [6.45, 7) is 2.14. The van der Waals surface area contributed by atoms with Gasteiger partial charge < -0.3 is 4.42 Å². The van der Waals surface area contributed by atoms with E-state index in [2.05, 4.69) is 146 Å². The highest BCUT2D eigenvalue weighted by molar-refractivity contribution is 6.23. The van der Waals surface area contributed by atoms with E-state index in [4.69, 9.17) is 4.42 Å². The summed E-state index contributed by atoms with van der Waals surface area (Å²) in [5.74, 6) is 0. The summed E-state index contributed by atoms with van der Waals surface area (Å²) < 4.78 is 6.20. The first kappa shape index (κ1) is 24.9. The molecule has 206 valence electrons. The molecular weight excluding hydrogens is 532 g/mol. The van der Waals surface area contributed by atoms with Gasteiger partial charge in [-0.25, -0.2) is 0 Å². The zero-order valence-corrected chi connectivity index (χ0v) is 24.3. The Labute approximate surface area is 255 Å². The minimum Gasteiger partial charge on any atom is -0.456 e. The number of benzene rings is 8. The summed E-state index contributed by atoms with van der Waals surface area (Å²) in [6.07, 6.45) is 0. The molecule has 9 aromatic rings. The van der Waals surface area contributed by atoms with E-state index in [-0.39, 0.29) is 0 Å². The lowest BCUT2D eigenvalue weighted by atomic mass is 9.84. The van der Waals surface area contributed by atoms with Gasteiger partial charge >= 0.3 is 0 Å². The molecule has 44 heavy (non-hydrogen) atoms. The van der Waals surface area contributed by atoms with E-state index in [0.717, 1.165) is 22.1 Å². The Balaban J connectivity index is 1.25. The van der Waals surface area contributed by atoms with Crippen molar-refractivity contribution in [3.8, 4) is 33.4 Å². The van der Waals surface area contributed by atoms with Crippen molar-refractivity contribution in [3.05, 3.63) is 157 Å². The third kappa shape index (κ3) is 3.73. The molecule has 0 saturated heterocycles. The minimum atomic E-state index is 0.934. The van der Waals surface area contributed by atoms with Crippen LogP contribution in [-0.2, 0) is 0 Å². The smallest absolute Gasteiger partial charge is 0.138 e. The Morgan fingerprint density at radius 2 is 0.932 bits per heavy atom. The fourth-order valence-electron chi connectivity index (χ4n) is 7.17.